The first-order valence-electron chi connectivity index (χ1n) is 4.98. The van der Waals surface area contributed by atoms with Gasteiger partial charge in [-0.1, -0.05) is 24.9 Å². The molecule has 0 aliphatic carbocycles. The van der Waals surface area contributed by atoms with E-state index in [0.717, 1.165) is 12.8 Å². The molecule has 3 nitrogen and oxygen atoms in total. The molecule has 1 aromatic rings. The van der Waals surface area contributed by atoms with Crippen LogP contribution >= 0.6 is 11.6 Å². The van der Waals surface area contributed by atoms with E-state index >= 15 is 0 Å². The van der Waals surface area contributed by atoms with E-state index in [9.17, 15) is 4.79 Å². The number of nitrogens with one attached hydrogen (secondary N) is 1. The number of hydrogen-bond donors (Lipinski definition) is 2. The summed E-state index contributed by atoms with van der Waals surface area (Å²) in [5.41, 5.74) is 6.76. The Kier molecular flexibility index (Phi) is 4.43. The first kappa shape index (κ1) is 11.9. The lowest BCUT2D eigenvalue weighted by Gasteiger charge is -2.07. The zero-order valence-corrected chi connectivity index (χ0v) is 9.47. The third-order valence-electron chi connectivity index (χ3n) is 2.02. The fourth-order valence-corrected chi connectivity index (χ4v) is 1.35. The summed E-state index contributed by atoms with van der Waals surface area (Å²) in [5.74, 6) is -0.0237. The van der Waals surface area contributed by atoms with E-state index in [1.54, 1.807) is 18.2 Å². The van der Waals surface area contributed by atoms with Gasteiger partial charge in [0.2, 0.25) is 5.91 Å². The average Bonchev–Trinajstić information content (AvgIpc) is 2.20. The van der Waals surface area contributed by atoms with Gasteiger partial charge in [-0.15, -0.1) is 0 Å². The molecule has 0 saturated carbocycles. The zero-order chi connectivity index (χ0) is 11.3. The number of nitrogens with two attached hydrogens (primary N) is 1. The van der Waals surface area contributed by atoms with E-state index in [1.807, 2.05) is 6.92 Å². The van der Waals surface area contributed by atoms with Crippen LogP contribution in [0.25, 0.3) is 0 Å². The molecule has 0 aromatic heterocycles. The number of hydrogen-bond acceptors (Lipinski definition) is 2. The normalized spacial score (nSPS) is 10.0. The summed E-state index contributed by atoms with van der Waals surface area (Å²) in [6.45, 7) is 2.04. The van der Waals surface area contributed by atoms with Gasteiger partial charge in [0, 0.05) is 12.1 Å². The number of carbonyl (C=O) groups is 1. The highest BCUT2D eigenvalue weighted by Crippen LogP contribution is 2.24. The van der Waals surface area contributed by atoms with E-state index < -0.39 is 0 Å². The fraction of sp³-hybridized carbons (Fsp3) is 0.364. The number of benzene rings is 1. The minimum Gasteiger partial charge on any atom is -0.399 e. The van der Waals surface area contributed by atoms with Gasteiger partial charge >= 0.3 is 0 Å². The molecule has 0 atom stereocenters. The van der Waals surface area contributed by atoms with Gasteiger partial charge in [0.1, 0.15) is 0 Å². The van der Waals surface area contributed by atoms with Crippen LogP contribution in [0.5, 0.6) is 0 Å². The molecule has 0 fully saturated rings. The summed E-state index contributed by atoms with van der Waals surface area (Å²) in [6, 6.07) is 5.03. The van der Waals surface area contributed by atoms with Crippen molar-refractivity contribution < 1.29 is 4.79 Å². The standard InChI is InChI=1S/C11H15ClN2O/c1-2-3-4-11(15)14-10-7-8(13)5-6-9(10)12/h5-7H,2-4,13H2,1H3,(H,14,15). The first-order valence-corrected chi connectivity index (χ1v) is 5.36. The van der Waals surface area contributed by atoms with Crippen molar-refractivity contribution in [2.24, 2.45) is 0 Å². The molecular weight excluding hydrogens is 212 g/mol. The fourth-order valence-electron chi connectivity index (χ4n) is 1.19. The van der Waals surface area contributed by atoms with Crippen LogP contribution in [0.3, 0.4) is 0 Å². The topological polar surface area (TPSA) is 55.1 Å². The highest BCUT2D eigenvalue weighted by atomic mass is 35.5. The maximum atomic E-state index is 11.4. The second kappa shape index (κ2) is 5.61. The first-order chi connectivity index (χ1) is 7.13. The number of carbonyl (C=O) groups excluding carboxylic acids is 1. The van der Waals surface area contributed by atoms with Crippen LogP contribution in [-0.2, 0) is 4.79 Å². The number of nitrogen functional groups attached to an aromatic ring is 1. The predicted molar refractivity (Wildman–Crippen MR) is 64.0 cm³/mol. The third kappa shape index (κ3) is 3.80. The van der Waals surface area contributed by atoms with Crippen LogP contribution < -0.4 is 11.1 Å². The van der Waals surface area contributed by atoms with Crippen molar-refractivity contribution in [1.29, 1.82) is 0 Å². The lowest BCUT2D eigenvalue weighted by Crippen LogP contribution is -2.11. The molecular formula is C11H15ClN2O. The Morgan fingerprint density at radius 1 is 1.53 bits per heavy atom. The maximum absolute atomic E-state index is 11.4. The van der Waals surface area contributed by atoms with Gasteiger partial charge in [0.05, 0.1) is 10.7 Å². The van der Waals surface area contributed by atoms with Gasteiger partial charge in [0.15, 0.2) is 0 Å². The zero-order valence-electron chi connectivity index (χ0n) is 8.72. The molecule has 0 unspecified atom stereocenters. The van der Waals surface area contributed by atoms with Crippen molar-refractivity contribution in [3.05, 3.63) is 23.2 Å². The minimum atomic E-state index is -0.0237. The van der Waals surface area contributed by atoms with Gasteiger partial charge in [-0.2, -0.15) is 0 Å². The monoisotopic (exact) mass is 226 g/mol. The molecule has 1 aromatic carbocycles. The molecule has 3 N–H and O–H groups in total. The summed E-state index contributed by atoms with van der Waals surface area (Å²) in [7, 11) is 0. The van der Waals surface area contributed by atoms with E-state index in [1.165, 1.54) is 0 Å². The van der Waals surface area contributed by atoms with Crippen molar-refractivity contribution in [3.8, 4) is 0 Å². The Balaban J connectivity index is 2.63. The van der Waals surface area contributed by atoms with Crippen LogP contribution in [0.15, 0.2) is 18.2 Å². The SMILES string of the molecule is CCCCC(=O)Nc1cc(N)ccc1Cl. The predicted octanol–water partition coefficient (Wildman–Crippen LogP) is 3.05. The Bertz CT molecular complexity index is 352. The molecule has 0 spiro atoms. The largest absolute Gasteiger partial charge is 0.399 e. The van der Waals surface area contributed by atoms with Crippen LogP contribution in [0.4, 0.5) is 11.4 Å². The Morgan fingerprint density at radius 2 is 2.27 bits per heavy atom. The van der Waals surface area contributed by atoms with E-state index in [0.29, 0.717) is 22.8 Å². The Hall–Kier alpha value is -1.22. The molecule has 0 bridgehead atoms. The second-order valence-corrected chi connectivity index (χ2v) is 3.80. The van der Waals surface area contributed by atoms with Crippen LogP contribution in [-0.4, -0.2) is 5.91 Å². The molecule has 0 aliphatic heterocycles. The molecule has 0 heterocycles. The van der Waals surface area contributed by atoms with E-state index in [-0.39, 0.29) is 5.91 Å². The minimum absolute atomic E-state index is 0.0237. The lowest BCUT2D eigenvalue weighted by molar-refractivity contribution is -0.116. The highest BCUT2D eigenvalue weighted by molar-refractivity contribution is 6.33. The van der Waals surface area contributed by atoms with Crippen LogP contribution in [0, 0.1) is 0 Å². The van der Waals surface area contributed by atoms with Gasteiger partial charge in [-0.3, -0.25) is 4.79 Å². The summed E-state index contributed by atoms with van der Waals surface area (Å²) >= 11 is 5.90. The van der Waals surface area contributed by atoms with E-state index in [4.69, 9.17) is 17.3 Å². The second-order valence-electron chi connectivity index (χ2n) is 3.39. The summed E-state index contributed by atoms with van der Waals surface area (Å²) in [6.07, 6.45) is 2.39. The average molecular weight is 227 g/mol. The Labute approximate surface area is 94.6 Å². The van der Waals surface area contributed by atoms with Crippen LogP contribution in [0.2, 0.25) is 5.02 Å². The number of rotatable bonds is 4. The number of amides is 1. The number of halogens is 1. The van der Waals surface area contributed by atoms with Gasteiger partial charge < -0.3 is 11.1 Å². The van der Waals surface area contributed by atoms with Crippen molar-refractivity contribution in [1.82, 2.24) is 0 Å². The maximum Gasteiger partial charge on any atom is 0.224 e. The smallest absolute Gasteiger partial charge is 0.224 e. The van der Waals surface area contributed by atoms with Crippen molar-refractivity contribution >= 4 is 28.9 Å². The highest BCUT2D eigenvalue weighted by Gasteiger charge is 2.05. The van der Waals surface area contributed by atoms with Gasteiger partial charge in [-0.25, -0.2) is 0 Å². The molecule has 15 heavy (non-hydrogen) atoms. The molecule has 0 saturated heterocycles. The summed E-state index contributed by atoms with van der Waals surface area (Å²) in [4.78, 5) is 11.4. The molecule has 4 heteroatoms. The summed E-state index contributed by atoms with van der Waals surface area (Å²) < 4.78 is 0. The van der Waals surface area contributed by atoms with Crippen LogP contribution in [0.1, 0.15) is 26.2 Å². The molecule has 0 aliphatic rings. The summed E-state index contributed by atoms with van der Waals surface area (Å²) in [5, 5.41) is 3.24. The third-order valence-corrected chi connectivity index (χ3v) is 2.35. The number of anilines is 2. The molecule has 82 valence electrons. The van der Waals surface area contributed by atoms with Crippen molar-refractivity contribution in [2.45, 2.75) is 26.2 Å². The van der Waals surface area contributed by atoms with Crippen molar-refractivity contribution in [3.63, 3.8) is 0 Å². The van der Waals surface area contributed by atoms with Crippen molar-refractivity contribution in [2.75, 3.05) is 11.1 Å². The van der Waals surface area contributed by atoms with E-state index in [2.05, 4.69) is 5.32 Å². The Morgan fingerprint density at radius 3 is 2.93 bits per heavy atom. The molecule has 0 radical (unpaired) electrons. The van der Waals surface area contributed by atoms with Gasteiger partial charge in [-0.05, 0) is 24.6 Å². The number of unbranched alkanes of at least 4 members (excludes halogenated alkanes) is 1. The molecule has 1 rings (SSSR count). The quantitative estimate of drug-likeness (QED) is 0.776. The molecule has 1 amide bonds. The van der Waals surface area contributed by atoms with Gasteiger partial charge in [0.25, 0.3) is 0 Å². The lowest BCUT2D eigenvalue weighted by atomic mass is 10.2.